The summed E-state index contributed by atoms with van der Waals surface area (Å²) in [5.41, 5.74) is 6.37. The fraction of sp³-hybridized carbons (Fsp3) is 0.550. The minimum atomic E-state index is 0.577. The van der Waals surface area contributed by atoms with Gasteiger partial charge in [-0.3, -0.25) is 0 Å². The van der Waals surface area contributed by atoms with E-state index in [0.717, 1.165) is 11.1 Å². The summed E-state index contributed by atoms with van der Waals surface area (Å²) in [5.74, 6) is 1.95. The lowest BCUT2D eigenvalue weighted by Crippen LogP contribution is -2.18. The normalized spacial score (nSPS) is 22.4. The molecule has 0 saturated carbocycles. The maximum Gasteiger partial charge on any atom is 0.181 e. The van der Waals surface area contributed by atoms with E-state index in [9.17, 15) is 0 Å². The topological polar surface area (TPSA) is 26.0 Å². The number of allylic oxidation sites excluding steroid dienone is 2. The molecule has 1 aliphatic carbocycles. The molecule has 0 amide bonds. The van der Waals surface area contributed by atoms with Gasteiger partial charge in [-0.05, 0) is 68.9 Å². The van der Waals surface area contributed by atoms with Crippen LogP contribution in [-0.2, 0) is 0 Å². The molecule has 1 aliphatic rings. The summed E-state index contributed by atoms with van der Waals surface area (Å²) in [5, 5.41) is 0. The van der Waals surface area contributed by atoms with Crippen molar-refractivity contribution in [3.8, 4) is 0 Å². The Morgan fingerprint density at radius 1 is 1.36 bits per heavy atom. The largest absolute Gasteiger partial charge is 0.443 e. The van der Waals surface area contributed by atoms with Gasteiger partial charge in [0.15, 0.2) is 12.0 Å². The van der Waals surface area contributed by atoms with E-state index in [4.69, 9.17) is 4.42 Å². The van der Waals surface area contributed by atoms with Crippen molar-refractivity contribution in [2.24, 2.45) is 5.92 Å². The Kier molecular flexibility index (Phi) is 4.37. The molecule has 118 valence electrons. The third-order valence-electron chi connectivity index (χ3n) is 5.24. The number of hydrogen-bond acceptors (Lipinski definition) is 2. The first kappa shape index (κ1) is 15.3. The van der Waals surface area contributed by atoms with Crippen LogP contribution in [0.25, 0.3) is 11.1 Å². The molecule has 0 spiro atoms. The second-order valence-electron chi connectivity index (χ2n) is 7.19. The van der Waals surface area contributed by atoms with Gasteiger partial charge in [0.05, 0.1) is 0 Å². The Hall–Kier alpha value is -1.57. The van der Waals surface area contributed by atoms with Gasteiger partial charge < -0.3 is 4.42 Å². The quantitative estimate of drug-likeness (QED) is 0.629. The van der Waals surface area contributed by atoms with Crippen molar-refractivity contribution in [1.29, 1.82) is 0 Å². The first-order valence-corrected chi connectivity index (χ1v) is 8.57. The van der Waals surface area contributed by atoms with Crippen LogP contribution in [-0.4, -0.2) is 4.98 Å². The Morgan fingerprint density at radius 2 is 2.18 bits per heavy atom. The summed E-state index contributed by atoms with van der Waals surface area (Å²) in [6, 6.07) is 4.43. The van der Waals surface area contributed by atoms with Gasteiger partial charge in [0, 0.05) is 5.56 Å². The van der Waals surface area contributed by atoms with Crippen LogP contribution in [0.5, 0.6) is 0 Å². The summed E-state index contributed by atoms with van der Waals surface area (Å²) in [4.78, 5) is 4.33. The Morgan fingerprint density at radius 3 is 2.95 bits per heavy atom. The minimum Gasteiger partial charge on any atom is -0.443 e. The first-order chi connectivity index (χ1) is 10.6. The maximum absolute atomic E-state index is 5.71. The third-order valence-corrected chi connectivity index (χ3v) is 5.24. The van der Waals surface area contributed by atoms with Crippen molar-refractivity contribution in [3.05, 3.63) is 41.3 Å². The molecule has 22 heavy (non-hydrogen) atoms. The Labute approximate surface area is 133 Å². The predicted molar refractivity (Wildman–Crippen MR) is 92.2 cm³/mol. The number of nitrogens with zero attached hydrogens (tertiary/aromatic N) is 1. The SMILES string of the molecule is CC(C)=CCC[C@H](C)[C@H]1CC[C@@H](C)c2c1ccc1ncoc21. The number of fused-ring (bicyclic) bond motifs is 3. The van der Waals surface area contributed by atoms with Crippen LogP contribution in [0.3, 0.4) is 0 Å². The molecule has 0 bridgehead atoms. The summed E-state index contributed by atoms with van der Waals surface area (Å²) in [6.45, 7) is 9.10. The number of benzene rings is 1. The Balaban J connectivity index is 1.89. The third kappa shape index (κ3) is 2.84. The highest BCUT2D eigenvalue weighted by molar-refractivity contribution is 5.78. The molecule has 3 atom stereocenters. The first-order valence-electron chi connectivity index (χ1n) is 8.57. The smallest absolute Gasteiger partial charge is 0.181 e. The van der Waals surface area contributed by atoms with Crippen molar-refractivity contribution in [2.45, 2.75) is 65.2 Å². The van der Waals surface area contributed by atoms with Gasteiger partial charge in [-0.1, -0.05) is 31.6 Å². The van der Waals surface area contributed by atoms with Crippen LogP contribution in [0.15, 0.2) is 34.6 Å². The van der Waals surface area contributed by atoms with Gasteiger partial charge in [0.2, 0.25) is 0 Å². The second-order valence-corrected chi connectivity index (χ2v) is 7.19. The van der Waals surface area contributed by atoms with Crippen LogP contribution in [0.4, 0.5) is 0 Å². The van der Waals surface area contributed by atoms with E-state index in [1.807, 2.05) is 0 Å². The lowest BCUT2D eigenvalue weighted by molar-refractivity contribution is 0.370. The number of hydrogen-bond donors (Lipinski definition) is 0. The highest BCUT2D eigenvalue weighted by Gasteiger charge is 2.30. The zero-order valence-electron chi connectivity index (χ0n) is 14.2. The number of rotatable bonds is 4. The molecular formula is C20H27NO. The lowest BCUT2D eigenvalue weighted by Gasteiger charge is -2.33. The van der Waals surface area contributed by atoms with Crippen LogP contribution in [0, 0.1) is 5.92 Å². The van der Waals surface area contributed by atoms with E-state index < -0.39 is 0 Å². The zero-order chi connectivity index (χ0) is 15.7. The van der Waals surface area contributed by atoms with Gasteiger partial charge in [0.25, 0.3) is 0 Å². The molecule has 2 heteroatoms. The highest BCUT2D eigenvalue weighted by atomic mass is 16.3. The summed E-state index contributed by atoms with van der Waals surface area (Å²) in [6.07, 6.45) is 8.95. The van der Waals surface area contributed by atoms with Crippen LogP contribution in [0.1, 0.15) is 76.3 Å². The van der Waals surface area contributed by atoms with Gasteiger partial charge in [-0.2, -0.15) is 0 Å². The standard InChI is InChI=1S/C20H27NO/c1-13(2)6-5-7-14(3)16-9-8-15(4)19-17(16)10-11-18-20(19)22-12-21-18/h6,10-12,14-16H,5,7-9H2,1-4H3/t14-,15+,16+/m0/s1. The fourth-order valence-electron chi connectivity index (χ4n) is 3.95. The van der Waals surface area contributed by atoms with E-state index in [2.05, 4.69) is 50.9 Å². The molecule has 1 aromatic heterocycles. The van der Waals surface area contributed by atoms with Crippen LogP contribution in [0.2, 0.25) is 0 Å². The van der Waals surface area contributed by atoms with Crippen molar-refractivity contribution >= 4 is 11.1 Å². The monoisotopic (exact) mass is 297 g/mol. The van der Waals surface area contributed by atoms with Gasteiger partial charge >= 0.3 is 0 Å². The van der Waals surface area contributed by atoms with Crippen molar-refractivity contribution in [1.82, 2.24) is 4.98 Å². The van der Waals surface area contributed by atoms with Crippen molar-refractivity contribution in [3.63, 3.8) is 0 Å². The molecule has 2 aromatic rings. The average Bonchev–Trinajstić information content (AvgIpc) is 2.95. The van der Waals surface area contributed by atoms with E-state index in [1.54, 1.807) is 6.39 Å². The average molecular weight is 297 g/mol. The van der Waals surface area contributed by atoms with Crippen LogP contribution >= 0.6 is 0 Å². The number of aromatic nitrogens is 1. The minimum absolute atomic E-state index is 0.577. The van der Waals surface area contributed by atoms with E-state index in [1.165, 1.54) is 42.4 Å². The maximum atomic E-state index is 5.71. The molecule has 0 radical (unpaired) electrons. The van der Waals surface area contributed by atoms with Crippen LogP contribution < -0.4 is 0 Å². The molecular weight excluding hydrogens is 270 g/mol. The van der Waals surface area contributed by atoms with Gasteiger partial charge in [-0.25, -0.2) is 4.98 Å². The molecule has 0 saturated heterocycles. The molecule has 1 aromatic carbocycles. The Bertz CT molecular complexity index is 678. The van der Waals surface area contributed by atoms with E-state index in [0.29, 0.717) is 17.8 Å². The number of oxazole rings is 1. The summed E-state index contributed by atoms with van der Waals surface area (Å²) < 4.78 is 5.71. The lowest BCUT2D eigenvalue weighted by atomic mass is 9.71. The molecule has 0 N–H and O–H groups in total. The van der Waals surface area contributed by atoms with Gasteiger partial charge in [-0.15, -0.1) is 0 Å². The highest BCUT2D eigenvalue weighted by Crippen LogP contribution is 2.45. The molecule has 0 fully saturated rings. The van der Waals surface area contributed by atoms with E-state index >= 15 is 0 Å². The van der Waals surface area contributed by atoms with E-state index in [-0.39, 0.29) is 0 Å². The summed E-state index contributed by atoms with van der Waals surface area (Å²) >= 11 is 0. The molecule has 3 rings (SSSR count). The molecule has 0 aliphatic heterocycles. The zero-order valence-corrected chi connectivity index (χ0v) is 14.2. The molecule has 0 unspecified atom stereocenters. The molecule has 1 heterocycles. The molecule has 2 nitrogen and oxygen atoms in total. The van der Waals surface area contributed by atoms with Gasteiger partial charge in [0.1, 0.15) is 5.52 Å². The van der Waals surface area contributed by atoms with Crippen molar-refractivity contribution in [2.75, 3.05) is 0 Å². The predicted octanol–water partition coefficient (Wildman–Crippen LogP) is 6.19. The van der Waals surface area contributed by atoms with Crippen molar-refractivity contribution < 1.29 is 4.42 Å². The second kappa shape index (κ2) is 6.28. The summed E-state index contributed by atoms with van der Waals surface area (Å²) in [7, 11) is 0. The fourth-order valence-corrected chi connectivity index (χ4v) is 3.95.